The fourth-order valence-electron chi connectivity index (χ4n) is 0.762. The highest BCUT2D eigenvalue weighted by Crippen LogP contribution is 2.01. The normalized spacial score (nSPS) is 10.2. The first kappa shape index (κ1) is 8.68. The van der Waals surface area contributed by atoms with E-state index < -0.39 is 0 Å². The summed E-state index contributed by atoms with van der Waals surface area (Å²) in [4.78, 5) is 1.92. The molecule has 1 heterocycles. The molecular formula is C7H10N4O. The van der Waals surface area contributed by atoms with Gasteiger partial charge in [0.05, 0.1) is 12.6 Å². The van der Waals surface area contributed by atoms with E-state index in [-0.39, 0.29) is 6.42 Å². The Labute approximate surface area is 70.6 Å². The van der Waals surface area contributed by atoms with E-state index in [0.29, 0.717) is 18.3 Å². The first-order chi connectivity index (χ1) is 5.72. The summed E-state index contributed by atoms with van der Waals surface area (Å²) >= 11 is 0. The second kappa shape index (κ2) is 3.83. The maximum absolute atomic E-state index is 8.32. The zero-order valence-electron chi connectivity index (χ0n) is 7.11. The molecule has 0 aromatic carbocycles. The van der Waals surface area contributed by atoms with Crippen LogP contribution in [-0.2, 0) is 13.0 Å². The summed E-state index contributed by atoms with van der Waals surface area (Å²) in [7, 11) is 3.82. The van der Waals surface area contributed by atoms with Gasteiger partial charge in [0.1, 0.15) is 6.42 Å². The van der Waals surface area contributed by atoms with Crippen molar-refractivity contribution in [2.75, 3.05) is 14.1 Å². The topological polar surface area (TPSA) is 66.0 Å². The molecular weight excluding hydrogens is 156 g/mol. The molecule has 0 spiro atoms. The standard InChI is InChI=1S/C7H10N4O/c1-11(2)5-7-10-9-6(12-7)3-4-8/h3,5H2,1-2H3. The van der Waals surface area contributed by atoms with E-state index in [0.717, 1.165) is 0 Å². The van der Waals surface area contributed by atoms with E-state index in [9.17, 15) is 0 Å². The van der Waals surface area contributed by atoms with Gasteiger partial charge < -0.3 is 9.32 Å². The fraction of sp³-hybridized carbons (Fsp3) is 0.571. The van der Waals surface area contributed by atoms with Crippen molar-refractivity contribution in [3.05, 3.63) is 11.8 Å². The summed E-state index contributed by atoms with van der Waals surface area (Å²) in [5, 5.41) is 15.8. The molecule has 1 aromatic heterocycles. The van der Waals surface area contributed by atoms with Crippen molar-refractivity contribution in [2.45, 2.75) is 13.0 Å². The Balaban J connectivity index is 2.59. The van der Waals surface area contributed by atoms with Crippen LogP contribution >= 0.6 is 0 Å². The number of nitrogens with zero attached hydrogens (tertiary/aromatic N) is 4. The van der Waals surface area contributed by atoms with Gasteiger partial charge in [-0.2, -0.15) is 5.26 Å². The lowest BCUT2D eigenvalue weighted by Crippen LogP contribution is -2.10. The van der Waals surface area contributed by atoms with E-state index in [2.05, 4.69) is 10.2 Å². The molecule has 0 N–H and O–H groups in total. The minimum absolute atomic E-state index is 0.181. The van der Waals surface area contributed by atoms with Crippen LogP contribution in [0.1, 0.15) is 11.8 Å². The van der Waals surface area contributed by atoms with Crippen LogP contribution < -0.4 is 0 Å². The van der Waals surface area contributed by atoms with Gasteiger partial charge in [-0.3, -0.25) is 0 Å². The van der Waals surface area contributed by atoms with Crippen molar-refractivity contribution in [2.24, 2.45) is 0 Å². The van der Waals surface area contributed by atoms with Crippen molar-refractivity contribution in [3.8, 4) is 6.07 Å². The van der Waals surface area contributed by atoms with E-state index in [4.69, 9.17) is 9.68 Å². The molecule has 5 heteroatoms. The SMILES string of the molecule is CN(C)Cc1nnc(CC#N)o1. The third-order valence-electron chi connectivity index (χ3n) is 1.19. The molecule has 0 saturated carbocycles. The van der Waals surface area contributed by atoms with Crippen LogP contribution in [-0.4, -0.2) is 29.2 Å². The Morgan fingerprint density at radius 3 is 2.67 bits per heavy atom. The Bertz CT molecular complexity index is 286. The van der Waals surface area contributed by atoms with Crippen LogP contribution in [0.2, 0.25) is 0 Å². The number of hydrogen-bond donors (Lipinski definition) is 0. The van der Waals surface area contributed by atoms with Crippen LogP contribution in [0.5, 0.6) is 0 Å². The Hall–Kier alpha value is -1.41. The predicted octanol–water partition coefficient (Wildman–Crippen LogP) is 0.197. The molecule has 1 aromatic rings. The predicted molar refractivity (Wildman–Crippen MR) is 41.0 cm³/mol. The second-order valence-electron chi connectivity index (χ2n) is 2.66. The molecule has 1 rings (SSSR count). The molecule has 0 saturated heterocycles. The highest BCUT2D eigenvalue weighted by Gasteiger charge is 2.05. The van der Waals surface area contributed by atoms with Gasteiger partial charge in [0.2, 0.25) is 11.8 Å². The largest absolute Gasteiger partial charge is 0.423 e. The maximum Gasteiger partial charge on any atom is 0.230 e. The van der Waals surface area contributed by atoms with Gasteiger partial charge >= 0.3 is 0 Å². The first-order valence-electron chi connectivity index (χ1n) is 3.55. The van der Waals surface area contributed by atoms with Gasteiger partial charge in [-0.25, -0.2) is 0 Å². The van der Waals surface area contributed by atoms with Crippen LogP contribution in [0, 0.1) is 11.3 Å². The average molecular weight is 166 g/mol. The minimum Gasteiger partial charge on any atom is -0.423 e. The molecule has 5 nitrogen and oxygen atoms in total. The molecule has 0 aliphatic heterocycles. The lowest BCUT2D eigenvalue weighted by atomic mass is 10.5. The van der Waals surface area contributed by atoms with Crippen molar-refractivity contribution in [1.29, 1.82) is 5.26 Å². The molecule has 0 unspecified atom stereocenters. The molecule has 0 bridgehead atoms. The van der Waals surface area contributed by atoms with E-state index in [1.165, 1.54) is 0 Å². The molecule has 0 aliphatic rings. The Morgan fingerprint density at radius 2 is 2.08 bits per heavy atom. The molecule has 0 atom stereocenters. The van der Waals surface area contributed by atoms with E-state index >= 15 is 0 Å². The zero-order chi connectivity index (χ0) is 8.97. The Kier molecular flexibility index (Phi) is 2.77. The van der Waals surface area contributed by atoms with Crippen LogP contribution in [0.25, 0.3) is 0 Å². The quantitative estimate of drug-likeness (QED) is 0.641. The number of hydrogen-bond acceptors (Lipinski definition) is 5. The fourth-order valence-corrected chi connectivity index (χ4v) is 0.762. The third kappa shape index (κ3) is 2.32. The smallest absolute Gasteiger partial charge is 0.230 e. The summed E-state index contributed by atoms with van der Waals surface area (Å²) < 4.78 is 5.15. The van der Waals surface area contributed by atoms with Crippen molar-refractivity contribution >= 4 is 0 Å². The van der Waals surface area contributed by atoms with E-state index in [1.54, 1.807) is 0 Å². The van der Waals surface area contributed by atoms with Gasteiger partial charge in [0, 0.05) is 0 Å². The Morgan fingerprint density at radius 1 is 1.42 bits per heavy atom. The molecule has 0 radical (unpaired) electrons. The average Bonchev–Trinajstić information content (AvgIpc) is 2.36. The minimum atomic E-state index is 0.181. The number of nitriles is 1. The zero-order valence-corrected chi connectivity index (χ0v) is 7.11. The number of aromatic nitrogens is 2. The van der Waals surface area contributed by atoms with Crippen LogP contribution in [0.15, 0.2) is 4.42 Å². The maximum atomic E-state index is 8.32. The second-order valence-corrected chi connectivity index (χ2v) is 2.66. The van der Waals surface area contributed by atoms with Gasteiger partial charge in [-0.05, 0) is 14.1 Å². The molecule has 0 aliphatic carbocycles. The summed E-state index contributed by atoms with van der Waals surface area (Å²) in [6.07, 6.45) is 0.181. The highest BCUT2D eigenvalue weighted by atomic mass is 16.4. The van der Waals surface area contributed by atoms with Crippen LogP contribution in [0.3, 0.4) is 0 Å². The van der Waals surface area contributed by atoms with Gasteiger partial charge in [-0.1, -0.05) is 0 Å². The third-order valence-corrected chi connectivity index (χ3v) is 1.19. The summed E-state index contributed by atoms with van der Waals surface area (Å²) in [5.41, 5.74) is 0. The summed E-state index contributed by atoms with van der Waals surface area (Å²) in [6.45, 7) is 0.610. The number of rotatable bonds is 3. The summed E-state index contributed by atoms with van der Waals surface area (Å²) in [5.74, 6) is 0.930. The lowest BCUT2D eigenvalue weighted by molar-refractivity contribution is 0.334. The highest BCUT2D eigenvalue weighted by molar-refractivity contribution is 4.90. The lowest BCUT2D eigenvalue weighted by Gasteiger charge is -2.03. The molecule has 12 heavy (non-hydrogen) atoms. The molecule has 0 amide bonds. The molecule has 0 fully saturated rings. The van der Waals surface area contributed by atoms with Gasteiger partial charge in [-0.15, -0.1) is 10.2 Å². The van der Waals surface area contributed by atoms with Crippen molar-refractivity contribution in [1.82, 2.24) is 15.1 Å². The monoisotopic (exact) mass is 166 g/mol. The van der Waals surface area contributed by atoms with E-state index in [1.807, 2.05) is 25.1 Å². The van der Waals surface area contributed by atoms with Gasteiger partial charge in [0.25, 0.3) is 0 Å². The van der Waals surface area contributed by atoms with Gasteiger partial charge in [0.15, 0.2) is 0 Å². The summed E-state index contributed by atoms with van der Waals surface area (Å²) in [6, 6.07) is 1.94. The first-order valence-corrected chi connectivity index (χ1v) is 3.55. The van der Waals surface area contributed by atoms with Crippen molar-refractivity contribution < 1.29 is 4.42 Å². The van der Waals surface area contributed by atoms with Crippen molar-refractivity contribution in [3.63, 3.8) is 0 Å². The molecule has 64 valence electrons. The van der Waals surface area contributed by atoms with Crippen LogP contribution in [0.4, 0.5) is 0 Å².